The second-order valence-corrected chi connectivity index (χ2v) is 11.3. The number of amides is 1. The van der Waals surface area contributed by atoms with Gasteiger partial charge >= 0.3 is 0 Å². The van der Waals surface area contributed by atoms with Crippen LogP contribution in [0, 0.1) is 5.92 Å². The minimum atomic E-state index is -1.13. The number of nitrogens with zero attached hydrogens (tertiary/aromatic N) is 1. The number of aromatic nitrogens is 1. The summed E-state index contributed by atoms with van der Waals surface area (Å²) in [5.41, 5.74) is 1.72. The topological polar surface area (TPSA) is 97.8 Å². The van der Waals surface area contributed by atoms with E-state index in [0.29, 0.717) is 17.7 Å². The van der Waals surface area contributed by atoms with E-state index in [0.717, 1.165) is 47.5 Å². The van der Waals surface area contributed by atoms with Crippen LogP contribution < -0.4 is 10.1 Å². The highest BCUT2D eigenvalue weighted by molar-refractivity contribution is 6.06. The number of fused-ring (bicyclic) bond motifs is 1. The summed E-state index contributed by atoms with van der Waals surface area (Å²) in [6.45, 7) is 1.89. The van der Waals surface area contributed by atoms with Gasteiger partial charge in [0.1, 0.15) is 11.7 Å². The predicted molar refractivity (Wildman–Crippen MR) is 141 cm³/mol. The molecule has 2 bridgehead atoms. The van der Waals surface area contributed by atoms with Crippen molar-refractivity contribution in [2.75, 3.05) is 13.1 Å². The van der Waals surface area contributed by atoms with Gasteiger partial charge in [-0.15, -0.1) is 12.4 Å². The maximum absolute atomic E-state index is 13.5. The number of para-hydroxylation sites is 1. The Hall–Kier alpha value is -3.00. The lowest BCUT2D eigenvalue weighted by Gasteiger charge is -2.62. The van der Waals surface area contributed by atoms with Crippen molar-refractivity contribution >= 4 is 29.2 Å². The van der Waals surface area contributed by atoms with Gasteiger partial charge in [-0.1, -0.05) is 36.4 Å². The van der Waals surface area contributed by atoms with Crippen molar-refractivity contribution in [1.29, 1.82) is 0 Å². The normalized spacial score (nSPS) is 32.9. The van der Waals surface area contributed by atoms with Gasteiger partial charge in [-0.3, -0.25) is 9.69 Å². The van der Waals surface area contributed by atoms with E-state index < -0.39 is 23.2 Å². The molecule has 1 amide bonds. The number of likely N-dealkylation sites (tertiary alicyclic amines) is 1. The lowest BCUT2D eigenvalue weighted by molar-refractivity contribution is -0.144. The van der Waals surface area contributed by atoms with Crippen molar-refractivity contribution in [1.82, 2.24) is 15.2 Å². The average Bonchev–Trinajstić information content (AvgIpc) is 3.46. The number of nitrogens with one attached hydrogen (secondary N) is 2. The Kier molecular flexibility index (Phi) is 4.85. The molecule has 2 fully saturated rings. The highest BCUT2D eigenvalue weighted by Crippen LogP contribution is 2.64. The molecular formula is C29H30ClN3O4. The summed E-state index contributed by atoms with van der Waals surface area (Å²) in [7, 11) is 0. The number of aromatic hydroxyl groups is 1. The summed E-state index contributed by atoms with van der Waals surface area (Å²) < 4.78 is 6.52. The fourth-order valence-electron chi connectivity index (χ4n) is 7.65. The van der Waals surface area contributed by atoms with Crippen molar-refractivity contribution < 1.29 is 19.7 Å². The molecule has 8 rings (SSSR count). The second-order valence-electron chi connectivity index (χ2n) is 11.3. The van der Waals surface area contributed by atoms with Gasteiger partial charge in [0.25, 0.3) is 5.91 Å². The average molecular weight is 520 g/mol. The molecule has 192 valence electrons. The Labute approximate surface area is 220 Å². The van der Waals surface area contributed by atoms with Crippen LogP contribution in [0.15, 0.2) is 54.7 Å². The first-order chi connectivity index (χ1) is 17.5. The second kappa shape index (κ2) is 7.76. The highest BCUT2D eigenvalue weighted by atomic mass is 35.5. The van der Waals surface area contributed by atoms with Crippen molar-refractivity contribution in [2.24, 2.45) is 5.92 Å². The Morgan fingerprint density at radius 1 is 1.22 bits per heavy atom. The molecule has 5 aliphatic rings. The van der Waals surface area contributed by atoms with Gasteiger partial charge in [0.05, 0.1) is 17.0 Å². The summed E-state index contributed by atoms with van der Waals surface area (Å²) in [6.07, 6.45) is 9.05. The quantitative estimate of drug-likeness (QED) is 0.396. The van der Waals surface area contributed by atoms with Crippen LogP contribution in [0.2, 0.25) is 0 Å². The summed E-state index contributed by atoms with van der Waals surface area (Å²) in [6, 6.07) is 10.9. The van der Waals surface area contributed by atoms with Crippen LogP contribution in [0.4, 0.5) is 0 Å². The zero-order valence-electron chi connectivity index (χ0n) is 20.3. The fraction of sp³-hybridized carbons (Fsp3) is 0.414. The Bertz CT molecular complexity index is 1460. The molecule has 1 aromatic heterocycles. The third kappa shape index (κ3) is 2.93. The first-order valence-corrected chi connectivity index (χ1v) is 13.0. The van der Waals surface area contributed by atoms with Gasteiger partial charge < -0.3 is 25.3 Å². The van der Waals surface area contributed by atoms with Crippen molar-refractivity contribution in [3.63, 3.8) is 0 Å². The van der Waals surface area contributed by atoms with Crippen LogP contribution in [0.25, 0.3) is 10.9 Å². The fourth-order valence-corrected chi connectivity index (χ4v) is 7.65. The van der Waals surface area contributed by atoms with E-state index in [-0.39, 0.29) is 30.1 Å². The number of ether oxygens (including phenoxy) is 1. The number of aliphatic hydroxyl groups is 1. The Morgan fingerprint density at radius 3 is 2.89 bits per heavy atom. The third-order valence-electron chi connectivity index (χ3n) is 9.47. The van der Waals surface area contributed by atoms with Gasteiger partial charge in [0.2, 0.25) is 0 Å². The standard InChI is InChI=1S/C29H29N3O4.ClH/c33-22-8-7-17-13-23-29(35)10-9-21(31-27(34)19-14-30-20-4-2-1-3-18(19)20)26-28(29,24(17)25(22)36-26)11-12-32(23)15-16-5-6-16;/h1-4,7-10,14,16,21,23,26,30,33,35H,5-6,11-13,15H2,(H,31,34);1H/t21-,23-,26+,28+,29-;/m1./s1. The number of aromatic amines is 1. The molecule has 0 unspecified atom stereocenters. The third-order valence-corrected chi connectivity index (χ3v) is 9.47. The molecule has 7 nitrogen and oxygen atoms in total. The lowest BCUT2D eigenvalue weighted by Crippen LogP contribution is -2.76. The van der Waals surface area contributed by atoms with Crippen molar-refractivity contribution in [3.8, 4) is 11.5 Å². The maximum atomic E-state index is 13.5. The van der Waals surface area contributed by atoms with Gasteiger partial charge in [-0.2, -0.15) is 0 Å². The molecule has 4 N–H and O–H groups in total. The van der Waals surface area contributed by atoms with Crippen LogP contribution in [-0.4, -0.2) is 62.9 Å². The lowest BCUT2D eigenvalue weighted by atomic mass is 9.50. The van der Waals surface area contributed by atoms with E-state index in [1.54, 1.807) is 12.3 Å². The minimum Gasteiger partial charge on any atom is -0.504 e. The largest absolute Gasteiger partial charge is 0.504 e. The van der Waals surface area contributed by atoms with E-state index in [9.17, 15) is 15.0 Å². The van der Waals surface area contributed by atoms with Crippen LogP contribution in [0.1, 0.15) is 40.7 Å². The summed E-state index contributed by atoms with van der Waals surface area (Å²) >= 11 is 0. The van der Waals surface area contributed by atoms with Gasteiger partial charge in [-0.25, -0.2) is 0 Å². The molecule has 3 aliphatic carbocycles. The number of piperidine rings is 1. The molecule has 5 atom stereocenters. The molecule has 1 spiro atoms. The molecule has 2 aliphatic heterocycles. The first kappa shape index (κ1) is 23.1. The van der Waals surface area contributed by atoms with Gasteiger partial charge in [0.15, 0.2) is 11.5 Å². The van der Waals surface area contributed by atoms with Crippen LogP contribution in [0.3, 0.4) is 0 Å². The molecule has 3 aromatic rings. The minimum absolute atomic E-state index is 0. The van der Waals surface area contributed by atoms with E-state index >= 15 is 0 Å². The maximum Gasteiger partial charge on any atom is 0.254 e. The number of carbonyl (C=O) groups excluding carboxylic acids is 1. The number of hydrogen-bond donors (Lipinski definition) is 4. The van der Waals surface area contributed by atoms with E-state index in [1.165, 1.54) is 12.8 Å². The zero-order chi connectivity index (χ0) is 24.2. The number of benzene rings is 2. The molecular weight excluding hydrogens is 490 g/mol. The van der Waals surface area contributed by atoms with Gasteiger partial charge in [-0.05, 0) is 55.8 Å². The molecule has 0 radical (unpaired) electrons. The number of halogens is 1. The van der Waals surface area contributed by atoms with E-state index in [1.807, 2.05) is 42.5 Å². The first-order valence-electron chi connectivity index (χ1n) is 13.0. The van der Waals surface area contributed by atoms with E-state index in [4.69, 9.17) is 4.74 Å². The number of rotatable bonds is 4. The van der Waals surface area contributed by atoms with Gasteiger partial charge in [0, 0.05) is 35.2 Å². The van der Waals surface area contributed by atoms with E-state index in [2.05, 4.69) is 15.2 Å². The molecule has 3 heterocycles. The number of H-pyrrole nitrogens is 1. The Balaban J connectivity index is 0.00000231. The van der Waals surface area contributed by atoms with Crippen LogP contribution >= 0.6 is 12.4 Å². The molecule has 37 heavy (non-hydrogen) atoms. The molecule has 1 saturated heterocycles. The molecule has 2 aromatic carbocycles. The monoisotopic (exact) mass is 519 g/mol. The van der Waals surface area contributed by atoms with Crippen molar-refractivity contribution in [2.45, 2.75) is 54.9 Å². The summed E-state index contributed by atoms with van der Waals surface area (Å²) in [5, 5.41) is 27.3. The van der Waals surface area contributed by atoms with Crippen molar-refractivity contribution in [3.05, 3.63) is 71.4 Å². The molecule has 8 heteroatoms. The Morgan fingerprint density at radius 2 is 2.05 bits per heavy atom. The number of carbonyl (C=O) groups is 1. The smallest absolute Gasteiger partial charge is 0.254 e. The number of phenols is 1. The summed E-state index contributed by atoms with van der Waals surface area (Å²) in [4.78, 5) is 19.1. The van der Waals surface area contributed by atoms with Crippen LogP contribution in [0.5, 0.6) is 11.5 Å². The predicted octanol–water partition coefficient (Wildman–Crippen LogP) is 3.43. The summed E-state index contributed by atoms with van der Waals surface area (Å²) in [5.74, 6) is 1.11. The zero-order valence-corrected chi connectivity index (χ0v) is 21.1. The van der Waals surface area contributed by atoms with Crippen LogP contribution in [-0.2, 0) is 11.8 Å². The number of phenolic OH excluding ortho intramolecular Hbond substituents is 1. The molecule has 1 saturated carbocycles. The number of hydrogen-bond acceptors (Lipinski definition) is 5. The highest BCUT2D eigenvalue weighted by Gasteiger charge is 2.72. The SMILES string of the molecule is Cl.O=C(N[C@@H]1C=C[C@@]2(O)[C@H]3Cc4ccc(O)c5c4[C@@]2(CCN3CC2CC2)[C@H]1O5)c1c[nH]c2ccccc12.